The van der Waals surface area contributed by atoms with Crippen LogP contribution in [0.3, 0.4) is 0 Å². The van der Waals surface area contributed by atoms with Crippen LogP contribution in [-0.4, -0.2) is 23.0 Å². The standard InChI is InChI=1S/C15H16N2/c1-2-6-13-11(5-1)12-8-10-17-9-4-3-7-14(17)15(12)16-13/h1-6,14,16H,7-10H2. The first kappa shape index (κ1) is 9.49. The number of benzene rings is 1. The zero-order valence-electron chi connectivity index (χ0n) is 9.82. The summed E-state index contributed by atoms with van der Waals surface area (Å²) in [6.45, 7) is 2.31. The molecule has 0 saturated heterocycles. The first-order valence-electron chi connectivity index (χ1n) is 6.42. The van der Waals surface area contributed by atoms with Crippen LogP contribution in [-0.2, 0) is 6.42 Å². The van der Waals surface area contributed by atoms with Gasteiger partial charge in [0.05, 0.1) is 6.04 Å². The Morgan fingerprint density at radius 3 is 3.12 bits per heavy atom. The topological polar surface area (TPSA) is 19.0 Å². The van der Waals surface area contributed by atoms with Crippen molar-refractivity contribution in [3.63, 3.8) is 0 Å². The van der Waals surface area contributed by atoms with Gasteiger partial charge in [-0.1, -0.05) is 30.4 Å². The lowest BCUT2D eigenvalue weighted by Crippen LogP contribution is -2.36. The molecule has 1 N–H and O–H groups in total. The van der Waals surface area contributed by atoms with Gasteiger partial charge < -0.3 is 4.98 Å². The molecule has 2 aliphatic rings. The lowest BCUT2D eigenvalue weighted by Gasteiger charge is -2.36. The number of aromatic nitrogens is 1. The first-order chi connectivity index (χ1) is 8.43. The van der Waals surface area contributed by atoms with Crippen molar-refractivity contribution in [3.05, 3.63) is 47.7 Å². The molecule has 2 aliphatic heterocycles. The molecule has 17 heavy (non-hydrogen) atoms. The Morgan fingerprint density at radius 2 is 2.12 bits per heavy atom. The molecule has 4 rings (SSSR count). The molecule has 0 aliphatic carbocycles. The van der Waals surface area contributed by atoms with Crippen LogP contribution in [0.5, 0.6) is 0 Å². The minimum atomic E-state index is 0.580. The third-order valence-electron chi connectivity index (χ3n) is 4.14. The van der Waals surface area contributed by atoms with E-state index in [1.807, 2.05) is 0 Å². The zero-order valence-corrected chi connectivity index (χ0v) is 9.82. The Balaban J connectivity index is 1.93. The van der Waals surface area contributed by atoms with E-state index in [1.54, 1.807) is 5.56 Å². The van der Waals surface area contributed by atoms with Gasteiger partial charge in [-0.3, -0.25) is 4.90 Å². The minimum absolute atomic E-state index is 0.580. The van der Waals surface area contributed by atoms with Crippen molar-refractivity contribution in [1.29, 1.82) is 0 Å². The number of nitrogens with zero attached hydrogens (tertiary/aromatic N) is 1. The van der Waals surface area contributed by atoms with Crippen LogP contribution in [0.1, 0.15) is 23.7 Å². The molecule has 1 atom stereocenters. The molecule has 86 valence electrons. The molecule has 2 nitrogen and oxygen atoms in total. The van der Waals surface area contributed by atoms with E-state index in [-0.39, 0.29) is 0 Å². The van der Waals surface area contributed by atoms with Gasteiger partial charge in [0.2, 0.25) is 0 Å². The minimum Gasteiger partial charge on any atom is -0.357 e. The molecule has 2 aromatic rings. The highest BCUT2D eigenvalue weighted by atomic mass is 15.2. The van der Waals surface area contributed by atoms with Crippen LogP contribution in [0, 0.1) is 0 Å². The number of hydrogen-bond acceptors (Lipinski definition) is 1. The lowest BCUT2D eigenvalue weighted by molar-refractivity contribution is 0.195. The normalized spacial score (nSPS) is 23.6. The second-order valence-electron chi connectivity index (χ2n) is 5.03. The fourth-order valence-corrected chi connectivity index (χ4v) is 3.29. The molecule has 0 saturated carbocycles. The highest BCUT2D eigenvalue weighted by Crippen LogP contribution is 2.37. The Hall–Kier alpha value is -1.54. The second-order valence-corrected chi connectivity index (χ2v) is 5.03. The number of hydrogen-bond donors (Lipinski definition) is 1. The molecule has 1 aromatic heterocycles. The summed E-state index contributed by atoms with van der Waals surface area (Å²) in [5.74, 6) is 0. The Labute approximate surface area is 101 Å². The van der Waals surface area contributed by atoms with E-state index in [9.17, 15) is 0 Å². The number of para-hydroxylation sites is 1. The van der Waals surface area contributed by atoms with Crippen molar-refractivity contribution in [2.24, 2.45) is 0 Å². The van der Waals surface area contributed by atoms with E-state index in [2.05, 4.69) is 46.3 Å². The van der Waals surface area contributed by atoms with Gasteiger partial charge in [0.15, 0.2) is 0 Å². The third kappa shape index (κ3) is 1.31. The van der Waals surface area contributed by atoms with Gasteiger partial charge in [0.1, 0.15) is 0 Å². The van der Waals surface area contributed by atoms with E-state index in [1.165, 1.54) is 29.6 Å². The van der Waals surface area contributed by atoms with Crippen LogP contribution in [0.25, 0.3) is 10.9 Å². The van der Waals surface area contributed by atoms with Crippen molar-refractivity contribution in [3.8, 4) is 0 Å². The van der Waals surface area contributed by atoms with Gasteiger partial charge in [-0.2, -0.15) is 0 Å². The summed E-state index contributed by atoms with van der Waals surface area (Å²) in [5.41, 5.74) is 4.31. The zero-order chi connectivity index (χ0) is 11.2. The summed E-state index contributed by atoms with van der Waals surface area (Å²) >= 11 is 0. The molecule has 1 unspecified atom stereocenters. The number of nitrogens with one attached hydrogen (secondary N) is 1. The average Bonchev–Trinajstić information content (AvgIpc) is 2.78. The summed E-state index contributed by atoms with van der Waals surface area (Å²) < 4.78 is 0. The van der Waals surface area contributed by atoms with E-state index < -0.39 is 0 Å². The molecular weight excluding hydrogens is 208 g/mol. The van der Waals surface area contributed by atoms with Gasteiger partial charge in [0, 0.05) is 29.7 Å². The highest BCUT2D eigenvalue weighted by molar-refractivity contribution is 5.85. The maximum Gasteiger partial charge on any atom is 0.0539 e. The molecular formula is C15H16N2. The largest absolute Gasteiger partial charge is 0.357 e. The molecule has 0 amide bonds. The van der Waals surface area contributed by atoms with Crippen molar-refractivity contribution < 1.29 is 0 Å². The fraction of sp³-hybridized carbons (Fsp3) is 0.333. The Morgan fingerprint density at radius 1 is 1.18 bits per heavy atom. The van der Waals surface area contributed by atoms with Crippen molar-refractivity contribution in [1.82, 2.24) is 9.88 Å². The van der Waals surface area contributed by atoms with E-state index in [0.717, 1.165) is 13.0 Å². The van der Waals surface area contributed by atoms with Gasteiger partial charge in [-0.05, 0) is 24.5 Å². The maximum absolute atomic E-state index is 3.64. The quantitative estimate of drug-likeness (QED) is 0.681. The lowest BCUT2D eigenvalue weighted by atomic mass is 9.93. The summed E-state index contributed by atoms with van der Waals surface area (Å²) in [7, 11) is 0. The molecule has 1 aromatic carbocycles. The molecule has 3 heterocycles. The van der Waals surface area contributed by atoms with Gasteiger partial charge in [0.25, 0.3) is 0 Å². The van der Waals surface area contributed by atoms with Crippen molar-refractivity contribution in [2.45, 2.75) is 18.9 Å². The van der Waals surface area contributed by atoms with Crippen LogP contribution >= 0.6 is 0 Å². The molecule has 0 radical (unpaired) electrons. The highest BCUT2D eigenvalue weighted by Gasteiger charge is 2.29. The number of H-pyrrole nitrogens is 1. The molecule has 0 fully saturated rings. The number of rotatable bonds is 0. The van der Waals surface area contributed by atoms with E-state index in [0.29, 0.717) is 6.04 Å². The summed E-state index contributed by atoms with van der Waals surface area (Å²) in [6, 6.07) is 9.28. The molecule has 0 spiro atoms. The van der Waals surface area contributed by atoms with E-state index >= 15 is 0 Å². The second kappa shape index (κ2) is 3.47. The van der Waals surface area contributed by atoms with Gasteiger partial charge in [-0.25, -0.2) is 0 Å². The van der Waals surface area contributed by atoms with Crippen LogP contribution in [0.4, 0.5) is 0 Å². The summed E-state index contributed by atoms with van der Waals surface area (Å²) in [4.78, 5) is 6.22. The van der Waals surface area contributed by atoms with Gasteiger partial charge >= 0.3 is 0 Å². The first-order valence-corrected chi connectivity index (χ1v) is 6.42. The van der Waals surface area contributed by atoms with Crippen LogP contribution in [0.15, 0.2) is 36.4 Å². The van der Waals surface area contributed by atoms with Crippen molar-refractivity contribution >= 4 is 10.9 Å². The van der Waals surface area contributed by atoms with E-state index in [4.69, 9.17) is 0 Å². The van der Waals surface area contributed by atoms with Crippen LogP contribution in [0.2, 0.25) is 0 Å². The van der Waals surface area contributed by atoms with Crippen LogP contribution < -0.4 is 0 Å². The Bertz CT molecular complexity index is 594. The van der Waals surface area contributed by atoms with Crippen molar-refractivity contribution in [2.75, 3.05) is 13.1 Å². The smallest absolute Gasteiger partial charge is 0.0539 e. The third-order valence-corrected chi connectivity index (χ3v) is 4.14. The van der Waals surface area contributed by atoms with Gasteiger partial charge in [-0.15, -0.1) is 0 Å². The predicted octanol–water partition coefficient (Wildman–Crippen LogP) is 3.03. The molecule has 2 heteroatoms. The molecule has 0 bridgehead atoms. The summed E-state index contributed by atoms with van der Waals surface area (Å²) in [5, 5.41) is 1.43. The summed E-state index contributed by atoms with van der Waals surface area (Å²) in [6.07, 6.45) is 6.95. The Kier molecular flexibility index (Phi) is 1.94. The monoisotopic (exact) mass is 224 g/mol. The predicted molar refractivity (Wildman–Crippen MR) is 70.1 cm³/mol. The maximum atomic E-state index is 3.64. The average molecular weight is 224 g/mol. The fourth-order valence-electron chi connectivity index (χ4n) is 3.29. The number of aromatic amines is 1. The SMILES string of the molecule is C1=CCN2CCc3c([nH]c4ccccc34)C2C1. The number of fused-ring (bicyclic) bond motifs is 5.